The van der Waals surface area contributed by atoms with Crippen LogP contribution >= 0.6 is 22.7 Å². The van der Waals surface area contributed by atoms with Crippen molar-refractivity contribution in [3.8, 4) is 26.7 Å². The minimum atomic E-state index is -1.10. The van der Waals surface area contributed by atoms with Crippen molar-refractivity contribution in [1.82, 2.24) is 9.13 Å². The van der Waals surface area contributed by atoms with E-state index in [9.17, 15) is 4.39 Å². The molecule has 0 bridgehead atoms. The second kappa shape index (κ2) is 47.6. The van der Waals surface area contributed by atoms with Crippen LogP contribution in [-0.2, 0) is 13.1 Å². The molecule has 0 aliphatic heterocycles. The van der Waals surface area contributed by atoms with Gasteiger partial charge in [-0.2, -0.15) is 0 Å². The molecule has 0 fully saturated rings. The number of rotatable bonds is 55. The number of unbranched alkanes of at least 4 members (excludes halogenated alkanes) is 34. The Hall–Kier alpha value is -2.30. The number of thiophene rings is 2. The van der Waals surface area contributed by atoms with Gasteiger partial charge in [0.25, 0.3) is 0 Å². The number of hydrogen-bond acceptors (Lipinski definition) is 4. The maximum atomic E-state index is 15.7. The summed E-state index contributed by atoms with van der Waals surface area (Å²) in [6.45, 7) is 14.6. The topological polar surface area (TPSA) is 44.0 Å². The number of halogens is 2. The minimum absolute atomic E-state index is 0.0386. The van der Waals surface area contributed by atoms with Gasteiger partial charge in [0, 0.05) is 0 Å². The molecule has 92 heavy (non-hydrogen) atoms. The Kier molecular flexibility index (Phi) is 40.7. The van der Waals surface area contributed by atoms with Crippen molar-refractivity contribution in [2.24, 2.45) is 11.8 Å². The molecular weight excluding hydrogens is 1400 g/mol. The molecular formula is C82H126F2N2O2S2Te2. The van der Waals surface area contributed by atoms with Crippen molar-refractivity contribution in [2.75, 3.05) is 0 Å². The fourth-order valence-corrected chi connectivity index (χ4v) is 21.5. The molecule has 6 aromatic heterocycles. The fourth-order valence-electron chi connectivity index (χ4n) is 14.1. The third-order valence-corrected chi connectivity index (χ3v) is 28.5. The molecule has 6 rings (SSSR count). The van der Waals surface area contributed by atoms with Gasteiger partial charge in [0.05, 0.1) is 0 Å². The average Bonchev–Trinajstić information content (AvgIpc) is 0.941. The van der Waals surface area contributed by atoms with Crippen molar-refractivity contribution in [3.05, 3.63) is 99.1 Å². The van der Waals surface area contributed by atoms with Crippen LogP contribution in [0.3, 0.4) is 0 Å². The zero-order valence-electron chi connectivity index (χ0n) is 59.0. The molecule has 10 heteroatoms. The van der Waals surface area contributed by atoms with Crippen molar-refractivity contribution in [2.45, 2.75) is 350 Å². The third kappa shape index (κ3) is 29.0. The fraction of sp³-hybridized carbons (Fsp3) is 0.683. The summed E-state index contributed by atoms with van der Waals surface area (Å²) in [5, 5.41) is 0. The Bertz CT molecular complexity index is 3060. The predicted octanol–water partition coefficient (Wildman–Crippen LogP) is 26.7. The molecule has 6 heterocycles. The molecule has 0 amide bonds. The summed E-state index contributed by atoms with van der Waals surface area (Å²) in [5.41, 5.74) is 3.42. The number of nitrogens with zero attached hydrogens (tertiary/aromatic N) is 2. The third-order valence-electron chi connectivity index (χ3n) is 19.8. The van der Waals surface area contributed by atoms with Crippen LogP contribution in [0.2, 0.25) is 0 Å². The first kappa shape index (κ1) is 78.7. The number of fused-ring (bicyclic) bond motifs is 1. The van der Waals surface area contributed by atoms with Gasteiger partial charge in [-0.25, -0.2) is 0 Å². The predicted molar refractivity (Wildman–Crippen MR) is 405 cm³/mol. The monoisotopic (exact) mass is 1530 g/mol. The van der Waals surface area contributed by atoms with Crippen LogP contribution < -0.4 is 11.1 Å². The second-order valence-electron chi connectivity index (χ2n) is 27.8. The zero-order valence-corrected chi connectivity index (χ0v) is 65.3. The van der Waals surface area contributed by atoms with Gasteiger partial charge in [0.2, 0.25) is 0 Å². The Balaban J connectivity index is 1.26. The first-order valence-electron chi connectivity index (χ1n) is 38.3. The number of aromatic nitrogens is 2. The molecule has 2 unspecified atom stereocenters. The molecule has 2 atom stereocenters. The van der Waals surface area contributed by atoms with E-state index >= 15 is 14.0 Å². The van der Waals surface area contributed by atoms with Gasteiger partial charge in [0.1, 0.15) is 0 Å². The summed E-state index contributed by atoms with van der Waals surface area (Å²) in [5.74, 6) is 0.870. The SMILES string of the molecule is CCCCCCCCCCCCC(CCCCCCCCCC)CCCCn1c(=O)c(-c2ccc(C)[te]2)cc2c1cc(-c1ccc(-c3cc(F)c(/C=C/c4sc(C)cc4F)s3)[te]1)c(=O)n2CCCCC(CCCCCCCCCC)CCCCCCCCCCCC. The molecule has 0 aliphatic carbocycles. The second-order valence-corrected chi connectivity index (χ2v) is 36.9. The normalized spacial score (nSPS) is 12.7. The Labute approximate surface area is 587 Å². The molecule has 0 aliphatic rings. The number of aryl methyl sites for hydroxylation is 4. The van der Waals surface area contributed by atoms with Gasteiger partial charge in [-0.3, -0.25) is 0 Å². The molecule has 0 radical (unpaired) electrons. The Morgan fingerprint density at radius 1 is 0.380 bits per heavy atom. The van der Waals surface area contributed by atoms with Crippen molar-refractivity contribution < 1.29 is 8.78 Å². The van der Waals surface area contributed by atoms with Gasteiger partial charge in [0.15, 0.2) is 0 Å². The molecule has 6 aromatic rings. The molecule has 0 N–H and O–H groups in total. The van der Waals surface area contributed by atoms with Gasteiger partial charge in [-0.15, -0.1) is 0 Å². The molecule has 0 saturated carbocycles. The van der Waals surface area contributed by atoms with E-state index in [1.165, 1.54) is 306 Å². The maximum absolute atomic E-state index is 15.7. The number of pyridine rings is 2. The van der Waals surface area contributed by atoms with Gasteiger partial charge in [-0.05, 0) is 0 Å². The quantitative estimate of drug-likeness (QED) is 0.0282. The van der Waals surface area contributed by atoms with Crippen LogP contribution in [-0.4, -0.2) is 50.0 Å². The van der Waals surface area contributed by atoms with Gasteiger partial charge in [-0.1, -0.05) is 207 Å². The molecule has 514 valence electrons. The smallest absolute Gasteiger partial charge is 0.0654 e. The zero-order chi connectivity index (χ0) is 65.4. The van der Waals surface area contributed by atoms with Crippen molar-refractivity contribution in [1.29, 1.82) is 0 Å². The summed E-state index contributed by atoms with van der Waals surface area (Å²) in [6.07, 6.45) is 64.2. The molecule has 0 saturated heterocycles. The number of hydrogen-bond donors (Lipinski definition) is 0. The van der Waals surface area contributed by atoms with E-state index in [0.29, 0.717) is 28.4 Å². The van der Waals surface area contributed by atoms with Crippen LogP contribution in [0.5, 0.6) is 0 Å². The average molecular weight is 1530 g/mol. The summed E-state index contributed by atoms with van der Waals surface area (Å²) in [4.78, 5) is 33.7. The van der Waals surface area contributed by atoms with E-state index < -0.39 is 40.9 Å². The Morgan fingerprint density at radius 2 is 0.696 bits per heavy atom. The van der Waals surface area contributed by atoms with Crippen LogP contribution in [0, 0.1) is 37.3 Å². The summed E-state index contributed by atoms with van der Waals surface area (Å²) in [7, 11) is 0. The summed E-state index contributed by atoms with van der Waals surface area (Å²) < 4.78 is 39.2. The van der Waals surface area contributed by atoms with Crippen molar-refractivity contribution >= 4 is 86.7 Å². The van der Waals surface area contributed by atoms with Crippen LogP contribution in [0.15, 0.2) is 58.1 Å². The van der Waals surface area contributed by atoms with Crippen molar-refractivity contribution in [3.63, 3.8) is 0 Å². The van der Waals surface area contributed by atoms with E-state index in [4.69, 9.17) is 0 Å². The van der Waals surface area contributed by atoms with E-state index in [1.807, 2.05) is 6.92 Å². The minimum Gasteiger partial charge on any atom is -0.0654 e. The standard InChI is InChI=1S/C82H126F2N2O2S2Te2/c1-7-11-15-19-23-27-29-33-37-41-49-67(47-39-35-31-25-21-17-13-9-3)51-43-45-59-85-74-63-70(79-57-58-80(92-79)77-64-72(84)76(90-77)55-54-75-71(83)61-65(5)89-75)82(88)86(73(74)62-69(81(85)87)78-56-53-66(6)91-78)60-46-44-52-68(48-40-36-32-26-22-18-14-10-4)50-42-38-34-30-28-24-20-16-12-8-2/h53-58,61-64,67-68H,7-52,59-60H2,1-6H3/b55-54+. The summed E-state index contributed by atoms with van der Waals surface area (Å²) >= 11 is 0.982. The first-order valence-corrected chi connectivity index (χ1v) is 44.6. The van der Waals surface area contributed by atoms with Gasteiger partial charge < -0.3 is 0 Å². The molecule has 4 nitrogen and oxygen atoms in total. The van der Waals surface area contributed by atoms with Gasteiger partial charge >= 0.3 is 385 Å². The Morgan fingerprint density at radius 3 is 1.04 bits per heavy atom. The molecule has 0 spiro atoms. The van der Waals surface area contributed by atoms with Crippen LogP contribution in [0.1, 0.15) is 341 Å². The van der Waals surface area contributed by atoms with Crippen LogP contribution in [0.4, 0.5) is 8.78 Å². The van der Waals surface area contributed by atoms with E-state index in [1.54, 1.807) is 18.2 Å². The van der Waals surface area contributed by atoms with E-state index in [2.05, 4.69) is 80.2 Å². The molecule has 0 aromatic carbocycles. The first-order chi connectivity index (χ1) is 45.0. The van der Waals surface area contributed by atoms with E-state index in [0.717, 1.165) is 71.0 Å². The summed E-state index contributed by atoms with van der Waals surface area (Å²) in [6, 6.07) is 16.0. The van der Waals surface area contributed by atoms with E-state index in [-0.39, 0.29) is 22.8 Å². The van der Waals surface area contributed by atoms with Crippen LogP contribution in [0.25, 0.3) is 49.9 Å².